The minimum atomic E-state index is -0.414. The first-order chi connectivity index (χ1) is 8.03. The number of aliphatic hydroxyl groups excluding tert-OH is 1. The van der Waals surface area contributed by atoms with Crippen molar-refractivity contribution in [3.8, 4) is 5.75 Å². The summed E-state index contributed by atoms with van der Waals surface area (Å²) >= 11 is 0. The van der Waals surface area contributed by atoms with E-state index in [9.17, 15) is 5.11 Å². The quantitative estimate of drug-likeness (QED) is 0.841. The fraction of sp³-hybridized carbons (Fsp3) is 0.600. The Labute approximate surface area is 104 Å². The first kappa shape index (κ1) is 12.4. The predicted octanol–water partition coefficient (Wildman–Crippen LogP) is 3.70. The molecule has 0 aromatic heterocycles. The molecule has 2 rings (SSSR count). The van der Waals surface area contributed by atoms with E-state index in [1.54, 1.807) is 0 Å². The monoisotopic (exact) mass is 234 g/mol. The molecule has 2 heteroatoms. The second-order valence-corrected chi connectivity index (χ2v) is 5.63. The molecule has 1 saturated carbocycles. The van der Waals surface area contributed by atoms with Crippen molar-refractivity contribution < 1.29 is 9.84 Å². The molecule has 1 N–H and O–H groups in total. The molecule has 0 saturated heterocycles. The Morgan fingerprint density at radius 2 is 1.88 bits per heavy atom. The van der Waals surface area contributed by atoms with Crippen LogP contribution < -0.4 is 4.74 Å². The third kappa shape index (κ3) is 3.01. The van der Waals surface area contributed by atoms with Crippen LogP contribution in [-0.4, -0.2) is 11.2 Å². The van der Waals surface area contributed by atoms with Gasteiger partial charge in [-0.3, -0.25) is 0 Å². The standard InChI is InChI=1S/C15H22O2/c1-4-15(2,3)14(16)11-5-7-12(8-6-11)17-13-9-10-13/h5-8,13-14,16H,4,9-10H2,1-3H3. The molecular formula is C15H22O2. The Kier molecular flexibility index (Phi) is 3.43. The fourth-order valence-corrected chi connectivity index (χ4v) is 1.75. The van der Waals surface area contributed by atoms with Crippen LogP contribution in [0.4, 0.5) is 0 Å². The summed E-state index contributed by atoms with van der Waals surface area (Å²) < 4.78 is 5.69. The summed E-state index contributed by atoms with van der Waals surface area (Å²) in [7, 11) is 0. The maximum absolute atomic E-state index is 10.3. The van der Waals surface area contributed by atoms with Crippen molar-refractivity contribution in [1.29, 1.82) is 0 Å². The lowest BCUT2D eigenvalue weighted by molar-refractivity contribution is 0.0465. The fourth-order valence-electron chi connectivity index (χ4n) is 1.75. The first-order valence-electron chi connectivity index (χ1n) is 6.47. The zero-order chi connectivity index (χ0) is 12.5. The molecule has 0 radical (unpaired) electrons. The van der Waals surface area contributed by atoms with Gasteiger partial charge in [-0.1, -0.05) is 32.9 Å². The van der Waals surface area contributed by atoms with Gasteiger partial charge in [0.1, 0.15) is 5.75 Å². The van der Waals surface area contributed by atoms with Crippen LogP contribution in [0.3, 0.4) is 0 Å². The normalized spacial score (nSPS) is 17.9. The predicted molar refractivity (Wildman–Crippen MR) is 69.1 cm³/mol. The number of hydrogen-bond donors (Lipinski definition) is 1. The lowest BCUT2D eigenvalue weighted by Gasteiger charge is -2.29. The van der Waals surface area contributed by atoms with E-state index in [0.717, 1.165) is 17.7 Å². The Morgan fingerprint density at radius 1 is 1.29 bits per heavy atom. The van der Waals surface area contributed by atoms with Crippen LogP contribution in [0.5, 0.6) is 5.75 Å². The maximum atomic E-state index is 10.3. The Balaban J connectivity index is 2.05. The highest BCUT2D eigenvalue weighted by Crippen LogP contribution is 2.36. The number of rotatable bonds is 5. The van der Waals surface area contributed by atoms with E-state index in [4.69, 9.17) is 4.74 Å². The summed E-state index contributed by atoms with van der Waals surface area (Å²) in [4.78, 5) is 0. The summed E-state index contributed by atoms with van der Waals surface area (Å²) in [5, 5.41) is 10.3. The van der Waals surface area contributed by atoms with Gasteiger partial charge in [0.15, 0.2) is 0 Å². The van der Waals surface area contributed by atoms with E-state index >= 15 is 0 Å². The van der Waals surface area contributed by atoms with Gasteiger partial charge in [-0.25, -0.2) is 0 Å². The summed E-state index contributed by atoms with van der Waals surface area (Å²) in [5.41, 5.74) is 0.888. The molecule has 1 aromatic rings. The third-order valence-corrected chi connectivity index (χ3v) is 3.67. The topological polar surface area (TPSA) is 29.5 Å². The first-order valence-corrected chi connectivity index (χ1v) is 6.47. The molecule has 1 aliphatic carbocycles. The molecule has 0 heterocycles. The van der Waals surface area contributed by atoms with E-state index in [1.807, 2.05) is 24.3 Å². The van der Waals surface area contributed by atoms with Gasteiger partial charge >= 0.3 is 0 Å². The highest BCUT2D eigenvalue weighted by Gasteiger charge is 2.27. The summed E-state index contributed by atoms with van der Waals surface area (Å²) in [6.45, 7) is 6.28. The van der Waals surface area contributed by atoms with E-state index in [2.05, 4.69) is 20.8 Å². The van der Waals surface area contributed by atoms with Crippen LogP contribution in [0, 0.1) is 5.41 Å². The number of ether oxygens (including phenoxy) is 1. The molecule has 2 nitrogen and oxygen atoms in total. The Hall–Kier alpha value is -1.02. The smallest absolute Gasteiger partial charge is 0.119 e. The van der Waals surface area contributed by atoms with Crippen molar-refractivity contribution in [2.24, 2.45) is 5.41 Å². The average molecular weight is 234 g/mol. The summed E-state index contributed by atoms with van der Waals surface area (Å²) in [6, 6.07) is 7.87. The van der Waals surface area contributed by atoms with Gasteiger partial charge in [0.25, 0.3) is 0 Å². The van der Waals surface area contributed by atoms with Crippen LogP contribution in [0.1, 0.15) is 51.7 Å². The Morgan fingerprint density at radius 3 is 2.35 bits per heavy atom. The summed E-state index contributed by atoms with van der Waals surface area (Å²) in [5.74, 6) is 0.915. The zero-order valence-corrected chi connectivity index (χ0v) is 10.9. The number of aliphatic hydroxyl groups is 1. The second-order valence-electron chi connectivity index (χ2n) is 5.63. The third-order valence-electron chi connectivity index (χ3n) is 3.67. The van der Waals surface area contributed by atoms with Gasteiger partial charge in [0.2, 0.25) is 0 Å². The lowest BCUT2D eigenvalue weighted by Crippen LogP contribution is -2.20. The minimum absolute atomic E-state index is 0.0845. The maximum Gasteiger partial charge on any atom is 0.119 e. The van der Waals surface area contributed by atoms with Crippen molar-refractivity contribution >= 4 is 0 Å². The van der Waals surface area contributed by atoms with Crippen molar-refractivity contribution in [2.45, 2.75) is 52.2 Å². The zero-order valence-electron chi connectivity index (χ0n) is 10.9. The van der Waals surface area contributed by atoms with E-state index in [1.165, 1.54) is 12.8 Å². The van der Waals surface area contributed by atoms with Crippen LogP contribution in [-0.2, 0) is 0 Å². The molecule has 0 aliphatic heterocycles. The number of benzene rings is 1. The van der Waals surface area contributed by atoms with Gasteiger partial charge < -0.3 is 9.84 Å². The van der Waals surface area contributed by atoms with Crippen LogP contribution in [0.25, 0.3) is 0 Å². The molecule has 94 valence electrons. The minimum Gasteiger partial charge on any atom is -0.490 e. The second kappa shape index (κ2) is 4.69. The number of hydrogen-bond acceptors (Lipinski definition) is 2. The van der Waals surface area contributed by atoms with Crippen LogP contribution in [0.2, 0.25) is 0 Å². The Bertz CT molecular complexity index is 363. The van der Waals surface area contributed by atoms with Crippen molar-refractivity contribution in [3.63, 3.8) is 0 Å². The molecule has 0 bridgehead atoms. The molecule has 17 heavy (non-hydrogen) atoms. The van der Waals surface area contributed by atoms with E-state index < -0.39 is 6.10 Å². The largest absolute Gasteiger partial charge is 0.490 e. The summed E-state index contributed by atoms with van der Waals surface area (Å²) in [6.07, 6.45) is 3.31. The average Bonchev–Trinajstić information content (AvgIpc) is 3.13. The molecule has 0 amide bonds. The molecule has 1 aromatic carbocycles. The van der Waals surface area contributed by atoms with Gasteiger partial charge in [-0.2, -0.15) is 0 Å². The molecule has 1 aliphatic rings. The van der Waals surface area contributed by atoms with Gasteiger partial charge in [-0.05, 0) is 42.4 Å². The van der Waals surface area contributed by atoms with Crippen molar-refractivity contribution in [2.75, 3.05) is 0 Å². The van der Waals surface area contributed by atoms with Crippen LogP contribution >= 0.6 is 0 Å². The van der Waals surface area contributed by atoms with E-state index in [0.29, 0.717) is 6.10 Å². The highest BCUT2D eigenvalue weighted by molar-refractivity contribution is 5.29. The van der Waals surface area contributed by atoms with Crippen molar-refractivity contribution in [1.82, 2.24) is 0 Å². The molecular weight excluding hydrogens is 212 g/mol. The van der Waals surface area contributed by atoms with Gasteiger partial charge in [-0.15, -0.1) is 0 Å². The van der Waals surface area contributed by atoms with Crippen molar-refractivity contribution in [3.05, 3.63) is 29.8 Å². The lowest BCUT2D eigenvalue weighted by atomic mass is 9.80. The van der Waals surface area contributed by atoms with Gasteiger partial charge in [0.05, 0.1) is 12.2 Å². The van der Waals surface area contributed by atoms with Gasteiger partial charge in [0, 0.05) is 0 Å². The molecule has 1 fully saturated rings. The molecule has 1 unspecified atom stereocenters. The molecule has 0 spiro atoms. The highest BCUT2D eigenvalue weighted by atomic mass is 16.5. The van der Waals surface area contributed by atoms with Crippen LogP contribution in [0.15, 0.2) is 24.3 Å². The molecule has 1 atom stereocenters. The SMILES string of the molecule is CCC(C)(C)C(O)c1ccc(OC2CC2)cc1. The van der Waals surface area contributed by atoms with E-state index in [-0.39, 0.29) is 5.41 Å².